The van der Waals surface area contributed by atoms with Crippen molar-refractivity contribution in [2.45, 2.75) is 0 Å². The molecular weight excluding hydrogens is 320 g/mol. The van der Waals surface area contributed by atoms with Crippen LogP contribution in [0.15, 0.2) is 76.3 Å². The predicted octanol–water partition coefficient (Wildman–Crippen LogP) is 3.40. The summed E-state index contributed by atoms with van der Waals surface area (Å²) in [7, 11) is 0. The average Bonchev–Trinajstić information content (AvgIpc) is 3.08. The Kier molecular flexibility index (Phi) is 3.72. The molecule has 0 atom stereocenters. The largest absolute Gasteiger partial charge is 0.283 e. The Morgan fingerprint density at radius 1 is 1.04 bits per heavy atom. The van der Waals surface area contributed by atoms with Crippen LogP contribution < -0.4 is 5.56 Å². The minimum Gasteiger partial charge on any atom is -0.267 e. The molecule has 0 aliphatic heterocycles. The quantitative estimate of drug-likeness (QED) is 0.540. The van der Waals surface area contributed by atoms with Gasteiger partial charge in [0.15, 0.2) is 0 Å². The summed E-state index contributed by atoms with van der Waals surface area (Å²) in [5.74, 6) is 0. The van der Waals surface area contributed by atoms with Gasteiger partial charge >= 0.3 is 0 Å². The van der Waals surface area contributed by atoms with Crippen LogP contribution in [-0.4, -0.2) is 20.9 Å². The monoisotopic (exact) mass is 332 g/mol. The van der Waals surface area contributed by atoms with Crippen LogP contribution >= 0.6 is 11.3 Å². The van der Waals surface area contributed by atoms with Gasteiger partial charge in [-0.15, -0.1) is 11.3 Å². The van der Waals surface area contributed by atoms with E-state index in [9.17, 15) is 4.79 Å². The maximum atomic E-state index is 12.8. The topological polar surface area (TPSA) is 60.1 Å². The van der Waals surface area contributed by atoms with Crippen molar-refractivity contribution < 1.29 is 0 Å². The molecule has 0 spiro atoms. The molecule has 3 heterocycles. The third-order valence-electron chi connectivity index (χ3n) is 3.56. The van der Waals surface area contributed by atoms with E-state index in [-0.39, 0.29) is 5.56 Å². The number of nitrogens with zero attached hydrogens (tertiary/aromatic N) is 4. The van der Waals surface area contributed by atoms with Crippen molar-refractivity contribution in [2.75, 3.05) is 0 Å². The van der Waals surface area contributed by atoms with Crippen LogP contribution in [0, 0.1) is 0 Å². The van der Waals surface area contributed by atoms with E-state index in [1.165, 1.54) is 22.3 Å². The van der Waals surface area contributed by atoms with Gasteiger partial charge in [-0.2, -0.15) is 9.78 Å². The molecule has 0 bridgehead atoms. The van der Waals surface area contributed by atoms with Gasteiger partial charge in [0.05, 0.1) is 17.3 Å². The van der Waals surface area contributed by atoms with Crippen molar-refractivity contribution in [3.8, 4) is 11.1 Å². The molecule has 4 aromatic rings. The third kappa shape index (κ3) is 2.63. The molecule has 0 fully saturated rings. The molecule has 24 heavy (non-hydrogen) atoms. The molecular formula is C18H12N4OS. The van der Waals surface area contributed by atoms with E-state index in [2.05, 4.69) is 15.1 Å². The van der Waals surface area contributed by atoms with Crippen molar-refractivity contribution in [1.82, 2.24) is 14.6 Å². The van der Waals surface area contributed by atoms with Gasteiger partial charge in [-0.1, -0.05) is 36.4 Å². The molecule has 3 aromatic heterocycles. The zero-order valence-electron chi connectivity index (χ0n) is 12.5. The van der Waals surface area contributed by atoms with Gasteiger partial charge in [-0.3, -0.25) is 9.78 Å². The van der Waals surface area contributed by atoms with Gasteiger partial charge in [0.2, 0.25) is 0 Å². The number of fused-ring (bicyclic) bond motifs is 1. The third-order valence-corrected chi connectivity index (χ3v) is 4.45. The first-order valence-corrected chi connectivity index (χ1v) is 8.20. The molecule has 4 rings (SSSR count). The maximum Gasteiger partial charge on any atom is 0.283 e. The second kappa shape index (κ2) is 6.17. The standard InChI is InChI=1S/C18H12N4OS/c23-18-16-15(13-6-2-1-3-7-13)11-24-17(16)20-12-22(18)21-10-14-8-4-5-9-19-14/h1-12H/b21-10-. The van der Waals surface area contributed by atoms with Gasteiger partial charge in [-0.05, 0) is 17.7 Å². The first-order valence-electron chi connectivity index (χ1n) is 7.32. The van der Waals surface area contributed by atoms with E-state index in [0.29, 0.717) is 15.9 Å². The summed E-state index contributed by atoms with van der Waals surface area (Å²) in [5, 5.41) is 6.75. The molecule has 0 amide bonds. The lowest BCUT2D eigenvalue weighted by atomic mass is 10.1. The number of benzene rings is 1. The molecule has 0 saturated carbocycles. The van der Waals surface area contributed by atoms with E-state index in [0.717, 1.165) is 11.1 Å². The number of hydrogen-bond donors (Lipinski definition) is 0. The van der Waals surface area contributed by atoms with Crippen LogP contribution in [0.5, 0.6) is 0 Å². The highest BCUT2D eigenvalue weighted by Gasteiger charge is 2.12. The number of hydrogen-bond acceptors (Lipinski definition) is 5. The highest BCUT2D eigenvalue weighted by molar-refractivity contribution is 7.17. The molecule has 0 N–H and O–H groups in total. The fourth-order valence-electron chi connectivity index (χ4n) is 2.41. The summed E-state index contributed by atoms with van der Waals surface area (Å²) in [6.07, 6.45) is 4.66. The van der Waals surface area contributed by atoms with Gasteiger partial charge < -0.3 is 0 Å². The van der Waals surface area contributed by atoms with Gasteiger partial charge in [0.25, 0.3) is 5.56 Å². The summed E-state index contributed by atoms with van der Waals surface area (Å²) in [4.78, 5) is 22.0. The molecule has 0 aliphatic carbocycles. The van der Waals surface area contributed by atoms with E-state index in [1.807, 2.05) is 53.9 Å². The highest BCUT2D eigenvalue weighted by Crippen LogP contribution is 2.30. The normalized spacial score (nSPS) is 11.3. The Bertz CT molecular complexity index is 1070. The van der Waals surface area contributed by atoms with Crippen LogP contribution in [0.1, 0.15) is 5.69 Å². The highest BCUT2D eigenvalue weighted by atomic mass is 32.1. The Morgan fingerprint density at radius 2 is 1.88 bits per heavy atom. The van der Waals surface area contributed by atoms with Crippen LogP contribution in [0.25, 0.3) is 21.3 Å². The van der Waals surface area contributed by atoms with E-state index in [4.69, 9.17) is 0 Å². The summed E-state index contributed by atoms with van der Waals surface area (Å²) in [6.45, 7) is 0. The van der Waals surface area contributed by atoms with E-state index >= 15 is 0 Å². The first kappa shape index (κ1) is 14.5. The van der Waals surface area contributed by atoms with Crippen LogP contribution in [0.4, 0.5) is 0 Å². The summed E-state index contributed by atoms with van der Waals surface area (Å²) < 4.78 is 1.25. The second-order valence-corrected chi connectivity index (χ2v) is 5.95. The number of thiophene rings is 1. The predicted molar refractivity (Wildman–Crippen MR) is 96.5 cm³/mol. The fourth-order valence-corrected chi connectivity index (χ4v) is 3.32. The van der Waals surface area contributed by atoms with Crippen molar-refractivity contribution in [3.63, 3.8) is 0 Å². The van der Waals surface area contributed by atoms with Gasteiger partial charge in [0, 0.05) is 17.1 Å². The molecule has 116 valence electrons. The number of aromatic nitrogens is 3. The van der Waals surface area contributed by atoms with Crippen LogP contribution in [-0.2, 0) is 0 Å². The zero-order chi connectivity index (χ0) is 16.4. The molecule has 0 radical (unpaired) electrons. The van der Waals surface area contributed by atoms with Gasteiger partial charge in [-0.25, -0.2) is 4.98 Å². The molecule has 5 nitrogen and oxygen atoms in total. The molecule has 1 aromatic carbocycles. The van der Waals surface area contributed by atoms with E-state index < -0.39 is 0 Å². The van der Waals surface area contributed by atoms with E-state index in [1.54, 1.807) is 12.4 Å². The first-order chi connectivity index (χ1) is 11.8. The summed E-state index contributed by atoms with van der Waals surface area (Å²) in [5.41, 5.74) is 2.37. The van der Waals surface area contributed by atoms with Crippen LogP contribution in [0.3, 0.4) is 0 Å². The number of rotatable bonds is 3. The second-order valence-electron chi connectivity index (χ2n) is 5.09. The SMILES string of the molecule is O=c1c2c(-c3ccccc3)csc2ncn1/N=C\c1ccccn1. The smallest absolute Gasteiger partial charge is 0.267 e. The molecule has 0 saturated heterocycles. The maximum absolute atomic E-state index is 12.8. The Labute approximate surface area is 141 Å². The Hall–Kier alpha value is -3.12. The van der Waals surface area contributed by atoms with Crippen molar-refractivity contribution in [3.05, 3.63) is 82.5 Å². The molecule has 6 heteroatoms. The minimum atomic E-state index is -0.188. The fraction of sp³-hybridized carbons (Fsp3) is 0. The lowest BCUT2D eigenvalue weighted by Gasteiger charge is -2.01. The summed E-state index contributed by atoms with van der Waals surface area (Å²) >= 11 is 1.46. The summed E-state index contributed by atoms with van der Waals surface area (Å²) in [6, 6.07) is 15.3. The zero-order valence-corrected chi connectivity index (χ0v) is 13.4. The Morgan fingerprint density at radius 3 is 2.67 bits per heavy atom. The molecule has 0 aliphatic rings. The van der Waals surface area contributed by atoms with Crippen LogP contribution in [0.2, 0.25) is 0 Å². The minimum absolute atomic E-state index is 0.188. The van der Waals surface area contributed by atoms with Gasteiger partial charge in [0.1, 0.15) is 11.2 Å². The average molecular weight is 332 g/mol. The molecule has 0 unspecified atom stereocenters. The van der Waals surface area contributed by atoms with Crippen molar-refractivity contribution >= 4 is 27.8 Å². The van der Waals surface area contributed by atoms with Crippen molar-refractivity contribution in [2.24, 2.45) is 5.10 Å². The lowest BCUT2D eigenvalue weighted by molar-refractivity contribution is 0.818. The van der Waals surface area contributed by atoms with Crippen molar-refractivity contribution in [1.29, 1.82) is 0 Å². The Balaban J connectivity index is 1.83. The number of pyridine rings is 1. The lowest BCUT2D eigenvalue weighted by Crippen LogP contribution is -2.16.